The smallest absolute Gasteiger partial charge is 0.261 e. The predicted octanol–water partition coefficient (Wildman–Crippen LogP) is 2.35. The number of carbonyl (C=O) groups excluding carboxylic acids is 1. The van der Waals surface area contributed by atoms with Crippen LogP contribution in [0.2, 0.25) is 0 Å². The molecule has 0 bridgehead atoms. The molecule has 2 heterocycles. The summed E-state index contributed by atoms with van der Waals surface area (Å²) in [5, 5.41) is 6.51. The van der Waals surface area contributed by atoms with Crippen molar-refractivity contribution < 1.29 is 4.79 Å². The summed E-state index contributed by atoms with van der Waals surface area (Å²) in [5.41, 5.74) is 1.42. The third-order valence-electron chi connectivity index (χ3n) is 4.23. The van der Waals surface area contributed by atoms with E-state index in [4.69, 9.17) is 0 Å². The zero-order valence-electron chi connectivity index (χ0n) is 11.5. The first-order valence-electron chi connectivity index (χ1n) is 7.35. The van der Waals surface area contributed by atoms with Gasteiger partial charge in [-0.25, -0.2) is 0 Å². The summed E-state index contributed by atoms with van der Waals surface area (Å²) in [6.45, 7) is 4.34. The highest BCUT2D eigenvalue weighted by atomic mass is 32.1. The molecular weight excluding hydrogens is 256 g/mol. The minimum atomic E-state index is 0.138. The van der Waals surface area contributed by atoms with Crippen molar-refractivity contribution in [3.05, 3.63) is 21.4 Å². The minimum Gasteiger partial charge on any atom is -0.349 e. The summed E-state index contributed by atoms with van der Waals surface area (Å²) in [7, 11) is 0. The second-order valence-corrected chi connectivity index (χ2v) is 7.04. The normalized spacial score (nSPS) is 23.9. The monoisotopic (exact) mass is 278 g/mol. The number of aryl methyl sites for hydroxylation is 1. The Morgan fingerprint density at radius 3 is 2.95 bits per heavy atom. The van der Waals surface area contributed by atoms with E-state index in [2.05, 4.69) is 23.6 Å². The van der Waals surface area contributed by atoms with Crippen molar-refractivity contribution in [2.75, 3.05) is 13.1 Å². The molecule has 1 amide bonds. The van der Waals surface area contributed by atoms with Crippen LogP contribution >= 0.6 is 11.3 Å². The van der Waals surface area contributed by atoms with Crippen molar-refractivity contribution in [1.82, 2.24) is 10.6 Å². The fraction of sp³-hybridized carbons (Fsp3) is 0.667. The fourth-order valence-electron chi connectivity index (χ4n) is 3.04. The molecule has 1 fully saturated rings. The molecule has 1 aliphatic heterocycles. The van der Waals surface area contributed by atoms with Gasteiger partial charge < -0.3 is 10.6 Å². The molecule has 0 spiro atoms. The molecule has 1 atom stereocenters. The standard InChI is InChI=1S/C15H22N2OS/c1-10-2-3-13-11(8-10)9-14(19-13)15(18)17-12-4-6-16-7-5-12/h9-10,12,16H,2-8H2,1H3,(H,17,18). The average molecular weight is 278 g/mol. The van der Waals surface area contributed by atoms with E-state index in [-0.39, 0.29) is 5.91 Å². The van der Waals surface area contributed by atoms with Gasteiger partial charge in [-0.1, -0.05) is 6.92 Å². The Bertz CT molecular complexity index is 463. The van der Waals surface area contributed by atoms with Crippen molar-refractivity contribution in [1.29, 1.82) is 0 Å². The lowest BCUT2D eigenvalue weighted by Gasteiger charge is -2.23. The summed E-state index contributed by atoms with van der Waals surface area (Å²) < 4.78 is 0. The molecule has 1 aromatic rings. The first kappa shape index (κ1) is 13.1. The van der Waals surface area contributed by atoms with Gasteiger partial charge in [0.2, 0.25) is 0 Å². The fourth-order valence-corrected chi connectivity index (χ4v) is 4.15. The SMILES string of the molecule is CC1CCc2sc(C(=O)NC3CCNCC3)cc2C1. The summed E-state index contributed by atoms with van der Waals surface area (Å²) in [6, 6.07) is 2.48. The van der Waals surface area contributed by atoms with Crippen molar-refractivity contribution >= 4 is 17.2 Å². The van der Waals surface area contributed by atoms with E-state index < -0.39 is 0 Å². The van der Waals surface area contributed by atoms with Crippen LogP contribution in [-0.4, -0.2) is 25.0 Å². The number of carbonyl (C=O) groups is 1. The Morgan fingerprint density at radius 1 is 1.37 bits per heavy atom. The third kappa shape index (κ3) is 3.00. The van der Waals surface area contributed by atoms with Crippen molar-refractivity contribution in [3.63, 3.8) is 0 Å². The van der Waals surface area contributed by atoms with E-state index in [1.807, 2.05) is 0 Å². The average Bonchev–Trinajstić information content (AvgIpc) is 2.83. The van der Waals surface area contributed by atoms with E-state index in [0.29, 0.717) is 6.04 Å². The number of thiophene rings is 1. The number of piperidine rings is 1. The van der Waals surface area contributed by atoms with Crippen molar-refractivity contribution in [2.45, 2.75) is 45.1 Å². The van der Waals surface area contributed by atoms with Crippen LogP contribution in [0.5, 0.6) is 0 Å². The van der Waals surface area contributed by atoms with Crippen LogP contribution in [0.1, 0.15) is 46.3 Å². The van der Waals surface area contributed by atoms with Gasteiger partial charge in [0.05, 0.1) is 4.88 Å². The minimum absolute atomic E-state index is 0.138. The molecule has 104 valence electrons. The molecule has 19 heavy (non-hydrogen) atoms. The maximum atomic E-state index is 12.3. The Labute approximate surface area is 118 Å². The molecule has 0 saturated carbocycles. The Morgan fingerprint density at radius 2 is 2.16 bits per heavy atom. The van der Waals surface area contributed by atoms with Gasteiger partial charge in [0.1, 0.15) is 0 Å². The summed E-state index contributed by atoms with van der Waals surface area (Å²) in [5.74, 6) is 0.904. The highest BCUT2D eigenvalue weighted by Crippen LogP contribution is 2.32. The van der Waals surface area contributed by atoms with Gasteiger partial charge in [0, 0.05) is 10.9 Å². The third-order valence-corrected chi connectivity index (χ3v) is 5.46. The molecule has 0 radical (unpaired) electrons. The van der Waals surface area contributed by atoms with Crippen molar-refractivity contribution in [3.8, 4) is 0 Å². The lowest BCUT2D eigenvalue weighted by atomic mass is 9.90. The van der Waals surface area contributed by atoms with Gasteiger partial charge in [-0.05, 0) is 62.7 Å². The van der Waals surface area contributed by atoms with Crippen LogP contribution in [0.3, 0.4) is 0 Å². The largest absolute Gasteiger partial charge is 0.349 e. The summed E-state index contributed by atoms with van der Waals surface area (Å²) >= 11 is 1.71. The lowest BCUT2D eigenvalue weighted by Crippen LogP contribution is -2.42. The van der Waals surface area contributed by atoms with Gasteiger partial charge in [-0.3, -0.25) is 4.79 Å². The highest BCUT2D eigenvalue weighted by Gasteiger charge is 2.22. The van der Waals surface area contributed by atoms with Crippen molar-refractivity contribution in [2.24, 2.45) is 5.92 Å². The topological polar surface area (TPSA) is 41.1 Å². The maximum Gasteiger partial charge on any atom is 0.261 e. The number of hydrogen-bond acceptors (Lipinski definition) is 3. The van der Waals surface area contributed by atoms with E-state index in [9.17, 15) is 4.79 Å². The summed E-state index contributed by atoms with van der Waals surface area (Å²) in [6.07, 6.45) is 5.67. The molecule has 3 rings (SSSR count). The van der Waals surface area contributed by atoms with Crippen LogP contribution in [0.4, 0.5) is 0 Å². The molecule has 3 nitrogen and oxygen atoms in total. The molecule has 1 unspecified atom stereocenters. The van der Waals surface area contributed by atoms with Crippen LogP contribution < -0.4 is 10.6 Å². The Kier molecular flexibility index (Phi) is 3.89. The van der Waals surface area contributed by atoms with E-state index >= 15 is 0 Å². The Balaban J connectivity index is 1.66. The molecule has 1 aromatic heterocycles. The maximum absolute atomic E-state index is 12.3. The molecule has 0 aromatic carbocycles. The molecular formula is C15H22N2OS. The van der Waals surface area contributed by atoms with Gasteiger partial charge in [-0.2, -0.15) is 0 Å². The zero-order chi connectivity index (χ0) is 13.2. The molecule has 4 heteroatoms. The van der Waals surface area contributed by atoms with Crippen LogP contribution in [0.15, 0.2) is 6.07 Å². The van der Waals surface area contributed by atoms with Crippen LogP contribution in [0.25, 0.3) is 0 Å². The number of rotatable bonds is 2. The number of fused-ring (bicyclic) bond motifs is 1. The highest BCUT2D eigenvalue weighted by molar-refractivity contribution is 7.14. The van der Waals surface area contributed by atoms with Gasteiger partial charge in [-0.15, -0.1) is 11.3 Å². The number of nitrogens with one attached hydrogen (secondary N) is 2. The first-order chi connectivity index (χ1) is 9.22. The van der Waals surface area contributed by atoms with Gasteiger partial charge in [0.15, 0.2) is 0 Å². The number of hydrogen-bond donors (Lipinski definition) is 2. The molecule has 2 N–H and O–H groups in total. The molecule has 1 saturated heterocycles. The zero-order valence-corrected chi connectivity index (χ0v) is 12.3. The second-order valence-electron chi connectivity index (χ2n) is 5.90. The van der Waals surface area contributed by atoms with E-state index in [1.165, 1.54) is 16.9 Å². The van der Waals surface area contributed by atoms with E-state index in [1.54, 1.807) is 11.3 Å². The van der Waals surface area contributed by atoms with Crippen LogP contribution in [-0.2, 0) is 12.8 Å². The van der Waals surface area contributed by atoms with Crippen LogP contribution in [0, 0.1) is 5.92 Å². The second kappa shape index (κ2) is 5.63. The van der Waals surface area contributed by atoms with Gasteiger partial charge in [0.25, 0.3) is 5.91 Å². The number of amides is 1. The molecule has 2 aliphatic rings. The quantitative estimate of drug-likeness (QED) is 0.872. The first-order valence-corrected chi connectivity index (χ1v) is 8.17. The van der Waals surface area contributed by atoms with Gasteiger partial charge >= 0.3 is 0 Å². The lowest BCUT2D eigenvalue weighted by molar-refractivity contribution is 0.0933. The Hall–Kier alpha value is -0.870. The van der Waals surface area contributed by atoms with E-state index in [0.717, 1.165) is 49.6 Å². The summed E-state index contributed by atoms with van der Waals surface area (Å²) in [4.78, 5) is 14.6. The predicted molar refractivity (Wildman–Crippen MR) is 78.9 cm³/mol. The molecule has 1 aliphatic carbocycles.